The van der Waals surface area contributed by atoms with Crippen LogP contribution in [-0.2, 0) is 5.33 Å². The fourth-order valence-corrected chi connectivity index (χ4v) is 1.91. The van der Waals surface area contributed by atoms with Crippen molar-refractivity contribution >= 4 is 31.9 Å². The van der Waals surface area contributed by atoms with E-state index in [0.29, 0.717) is 15.4 Å². The highest BCUT2D eigenvalue weighted by atomic mass is 79.9. The van der Waals surface area contributed by atoms with E-state index in [1.807, 2.05) is 0 Å². The number of hydrogen-bond donors (Lipinski definition) is 1. The summed E-state index contributed by atoms with van der Waals surface area (Å²) in [7, 11) is 0. The van der Waals surface area contributed by atoms with Gasteiger partial charge in [0.25, 0.3) is 0 Å². The molecule has 1 rings (SSSR count). The number of phenolic OH excluding ortho intramolecular Hbond substituents is 1. The van der Waals surface area contributed by atoms with Crippen LogP contribution in [0.15, 0.2) is 16.6 Å². The maximum absolute atomic E-state index is 12.6. The molecule has 0 fully saturated rings. The summed E-state index contributed by atoms with van der Waals surface area (Å²) in [5, 5.41) is 9.62. The van der Waals surface area contributed by atoms with Crippen LogP contribution < -0.4 is 0 Å². The first-order chi connectivity index (χ1) is 5.15. The predicted octanol–water partition coefficient (Wildman–Crippen LogP) is 3.19. The van der Waals surface area contributed by atoms with Gasteiger partial charge in [0.2, 0.25) is 0 Å². The van der Waals surface area contributed by atoms with Gasteiger partial charge in [-0.15, -0.1) is 0 Å². The minimum Gasteiger partial charge on any atom is -0.507 e. The molecule has 0 aliphatic rings. The van der Waals surface area contributed by atoms with Gasteiger partial charge in [-0.3, -0.25) is 0 Å². The van der Waals surface area contributed by atoms with Crippen molar-refractivity contribution < 1.29 is 9.50 Å². The normalized spacial score (nSPS) is 10.1. The zero-order valence-electron chi connectivity index (χ0n) is 5.44. The summed E-state index contributed by atoms with van der Waals surface area (Å²) >= 11 is 6.30. The molecule has 0 aliphatic heterocycles. The zero-order valence-corrected chi connectivity index (χ0v) is 8.61. The number of aromatic hydroxyl groups is 1. The third-order valence-electron chi connectivity index (χ3n) is 1.24. The predicted molar refractivity (Wildman–Crippen MR) is 48.4 cm³/mol. The maximum atomic E-state index is 12.6. The largest absolute Gasteiger partial charge is 0.507 e. The Hall–Kier alpha value is -0.0900. The molecule has 0 atom stereocenters. The van der Waals surface area contributed by atoms with Crippen molar-refractivity contribution in [3.8, 4) is 5.75 Å². The van der Waals surface area contributed by atoms with Gasteiger partial charge in [-0.2, -0.15) is 0 Å². The van der Waals surface area contributed by atoms with E-state index in [2.05, 4.69) is 31.9 Å². The van der Waals surface area contributed by atoms with Gasteiger partial charge < -0.3 is 5.11 Å². The van der Waals surface area contributed by atoms with Crippen LogP contribution >= 0.6 is 31.9 Å². The van der Waals surface area contributed by atoms with E-state index in [4.69, 9.17) is 5.11 Å². The van der Waals surface area contributed by atoms with E-state index in [0.717, 1.165) is 6.07 Å². The second-order valence-corrected chi connectivity index (χ2v) is 3.39. The molecule has 0 heterocycles. The molecular weight excluding hydrogens is 279 g/mol. The smallest absolute Gasteiger partial charge is 0.132 e. The van der Waals surface area contributed by atoms with Crippen LogP contribution in [0, 0.1) is 5.82 Å². The standard InChI is InChI=1S/C7H5Br2FO/c8-3-4-1-5(10)2-6(11)7(4)9/h1-2,11H,3H2. The Labute approximate surface area is 80.5 Å². The molecule has 0 saturated carbocycles. The summed E-state index contributed by atoms with van der Waals surface area (Å²) < 4.78 is 13.1. The number of rotatable bonds is 1. The Balaban J connectivity index is 3.24. The van der Waals surface area contributed by atoms with Gasteiger partial charge in [-0.25, -0.2) is 4.39 Å². The van der Waals surface area contributed by atoms with Gasteiger partial charge in [0.15, 0.2) is 0 Å². The summed E-state index contributed by atoms with van der Waals surface area (Å²) in [6, 6.07) is 2.43. The molecule has 0 radical (unpaired) electrons. The van der Waals surface area contributed by atoms with Crippen LogP contribution in [0.4, 0.5) is 4.39 Å². The quantitative estimate of drug-likeness (QED) is 0.785. The molecule has 60 valence electrons. The van der Waals surface area contributed by atoms with Crippen molar-refractivity contribution in [1.82, 2.24) is 0 Å². The van der Waals surface area contributed by atoms with Crippen LogP contribution in [-0.4, -0.2) is 5.11 Å². The van der Waals surface area contributed by atoms with E-state index in [1.165, 1.54) is 6.07 Å². The Kier molecular flexibility index (Phi) is 2.90. The SMILES string of the molecule is Oc1cc(F)cc(CBr)c1Br. The first-order valence-corrected chi connectivity index (χ1v) is 4.79. The van der Waals surface area contributed by atoms with Crippen LogP contribution in [0.5, 0.6) is 5.75 Å². The molecule has 1 aromatic rings. The summed E-state index contributed by atoms with van der Waals surface area (Å²) in [6.45, 7) is 0. The minimum absolute atomic E-state index is 0.0700. The molecule has 0 aromatic heterocycles. The molecule has 1 nitrogen and oxygen atoms in total. The van der Waals surface area contributed by atoms with E-state index in [9.17, 15) is 4.39 Å². The van der Waals surface area contributed by atoms with Gasteiger partial charge in [0.1, 0.15) is 11.6 Å². The van der Waals surface area contributed by atoms with E-state index in [1.54, 1.807) is 0 Å². The van der Waals surface area contributed by atoms with Gasteiger partial charge in [0, 0.05) is 11.4 Å². The van der Waals surface area contributed by atoms with Crippen molar-refractivity contribution in [2.75, 3.05) is 0 Å². The van der Waals surface area contributed by atoms with E-state index >= 15 is 0 Å². The molecule has 11 heavy (non-hydrogen) atoms. The van der Waals surface area contributed by atoms with Crippen molar-refractivity contribution in [1.29, 1.82) is 0 Å². The highest BCUT2D eigenvalue weighted by Gasteiger charge is 2.05. The number of hydrogen-bond acceptors (Lipinski definition) is 1. The van der Waals surface area contributed by atoms with Crippen molar-refractivity contribution in [2.45, 2.75) is 5.33 Å². The van der Waals surface area contributed by atoms with Gasteiger partial charge >= 0.3 is 0 Å². The third-order valence-corrected chi connectivity index (χ3v) is 2.76. The Morgan fingerprint density at radius 2 is 2.09 bits per heavy atom. The van der Waals surface area contributed by atoms with Crippen LogP contribution in [0.3, 0.4) is 0 Å². The number of benzene rings is 1. The van der Waals surface area contributed by atoms with Crippen LogP contribution in [0.25, 0.3) is 0 Å². The molecule has 0 unspecified atom stereocenters. The van der Waals surface area contributed by atoms with Gasteiger partial charge in [0.05, 0.1) is 4.47 Å². The molecular formula is C7H5Br2FO. The lowest BCUT2D eigenvalue weighted by atomic mass is 10.2. The summed E-state index contributed by atoms with van der Waals surface area (Å²) in [6.07, 6.45) is 0. The second-order valence-electron chi connectivity index (χ2n) is 2.03. The minimum atomic E-state index is -0.430. The number of halogens is 3. The van der Waals surface area contributed by atoms with Crippen LogP contribution in [0.1, 0.15) is 5.56 Å². The fraction of sp³-hybridized carbons (Fsp3) is 0.143. The molecule has 1 N–H and O–H groups in total. The van der Waals surface area contributed by atoms with Crippen LogP contribution in [0.2, 0.25) is 0 Å². The van der Waals surface area contributed by atoms with Crippen molar-refractivity contribution in [2.24, 2.45) is 0 Å². The Morgan fingerprint density at radius 3 is 2.64 bits per heavy atom. The van der Waals surface area contributed by atoms with Gasteiger partial charge in [-0.1, -0.05) is 15.9 Å². The summed E-state index contributed by atoms with van der Waals surface area (Å²) in [5.41, 5.74) is 0.697. The molecule has 0 spiro atoms. The highest BCUT2D eigenvalue weighted by Crippen LogP contribution is 2.29. The first-order valence-electron chi connectivity index (χ1n) is 2.88. The fourth-order valence-electron chi connectivity index (χ4n) is 0.727. The summed E-state index contributed by atoms with van der Waals surface area (Å²) in [5.74, 6) is -0.500. The average Bonchev–Trinajstić information content (AvgIpc) is 1.96. The lowest BCUT2D eigenvalue weighted by Gasteiger charge is -2.02. The van der Waals surface area contributed by atoms with Crippen molar-refractivity contribution in [3.05, 3.63) is 28.0 Å². The molecule has 0 saturated heterocycles. The Bertz CT molecular complexity index is 275. The molecule has 0 bridgehead atoms. The maximum Gasteiger partial charge on any atom is 0.132 e. The Morgan fingerprint density at radius 1 is 1.45 bits per heavy atom. The second kappa shape index (κ2) is 3.54. The molecule has 0 amide bonds. The topological polar surface area (TPSA) is 20.2 Å². The molecule has 4 heteroatoms. The lowest BCUT2D eigenvalue weighted by Crippen LogP contribution is -1.83. The van der Waals surface area contributed by atoms with Gasteiger partial charge in [-0.05, 0) is 27.6 Å². The van der Waals surface area contributed by atoms with E-state index < -0.39 is 5.82 Å². The monoisotopic (exact) mass is 282 g/mol. The molecule has 1 aromatic carbocycles. The third kappa shape index (κ3) is 1.93. The highest BCUT2D eigenvalue weighted by molar-refractivity contribution is 9.11. The zero-order chi connectivity index (χ0) is 8.43. The molecule has 0 aliphatic carbocycles. The number of phenols is 1. The first kappa shape index (κ1) is 9.00. The average molecular weight is 284 g/mol. The summed E-state index contributed by atoms with van der Waals surface area (Å²) in [4.78, 5) is 0. The van der Waals surface area contributed by atoms with E-state index in [-0.39, 0.29) is 5.75 Å². The van der Waals surface area contributed by atoms with Crippen molar-refractivity contribution in [3.63, 3.8) is 0 Å². The number of alkyl halides is 1. The lowest BCUT2D eigenvalue weighted by molar-refractivity contribution is 0.465.